The second kappa shape index (κ2) is 9.00. The zero-order chi connectivity index (χ0) is 23.9. The molecular formula is C26H29FN4O2S. The van der Waals surface area contributed by atoms with Crippen molar-refractivity contribution in [3.63, 3.8) is 0 Å². The number of benzene rings is 2. The van der Waals surface area contributed by atoms with E-state index in [9.17, 15) is 12.8 Å². The van der Waals surface area contributed by atoms with Crippen LogP contribution in [0.1, 0.15) is 44.6 Å². The van der Waals surface area contributed by atoms with Crippen LogP contribution in [0.3, 0.4) is 0 Å². The van der Waals surface area contributed by atoms with Gasteiger partial charge in [0.25, 0.3) is 0 Å². The van der Waals surface area contributed by atoms with Crippen LogP contribution in [-0.4, -0.2) is 39.7 Å². The van der Waals surface area contributed by atoms with Gasteiger partial charge in [0.2, 0.25) is 10.0 Å². The Morgan fingerprint density at radius 2 is 1.91 bits per heavy atom. The van der Waals surface area contributed by atoms with Crippen LogP contribution in [-0.2, 0) is 16.6 Å². The van der Waals surface area contributed by atoms with E-state index in [1.54, 1.807) is 33.4 Å². The number of rotatable bonds is 6. The predicted octanol–water partition coefficient (Wildman–Crippen LogP) is 5.33. The number of fused-ring (bicyclic) bond motifs is 1. The van der Waals surface area contributed by atoms with Crippen molar-refractivity contribution in [2.45, 2.75) is 56.5 Å². The molecule has 1 fully saturated rings. The Bertz CT molecular complexity index is 1410. The molecule has 2 atom stereocenters. The Morgan fingerprint density at radius 1 is 1.12 bits per heavy atom. The fourth-order valence-corrected chi connectivity index (χ4v) is 6.69. The molecule has 1 unspecified atom stereocenters. The molecule has 8 heteroatoms. The Kier molecular flexibility index (Phi) is 6.04. The molecule has 0 bridgehead atoms. The second-order valence-electron chi connectivity index (χ2n) is 9.12. The lowest BCUT2D eigenvalue weighted by Crippen LogP contribution is -2.43. The van der Waals surface area contributed by atoms with Crippen molar-refractivity contribution in [2.75, 3.05) is 6.54 Å². The zero-order valence-corrected chi connectivity index (χ0v) is 20.2. The molecule has 178 valence electrons. The molecule has 0 N–H and O–H groups in total. The molecule has 0 amide bonds. The zero-order valence-electron chi connectivity index (χ0n) is 19.4. The molecule has 6 nitrogen and oxygen atoms in total. The van der Waals surface area contributed by atoms with E-state index < -0.39 is 10.0 Å². The molecule has 2 aromatic heterocycles. The van der Waals surface area contributed by atoms with Crippen LogP contribution in [0.25, 0.3) is 16.6 Å². The van der Waals surface area contributed by atoms with Gasteiger partial charge < -0.3 is 4.57 Å². The monoisotopic (exact) mass is 480 g/mol. The summed E-state index contributed by atoms with van der Waals surface area (Å²) in [7, 11) is -3.51. The first-order chi connectivity index (χ1) is 16.4. The summed E-state index contributed by atoms with van der Waals surface area (Å²) < 4.78 is 45.2. The summed E-state index contributed by atoms with van der Waals surface area (Å²) in [5, 5.41) is 5.51. The van der Waals surface area contributed by atoms with Gasteiger partial charge >= 0.3 is 0 Å². The van der Waals surface area contributed by atoms with Crippen molar-refractivity contribution in [3.8, 4) is 5.69 Å². The van der Waals surface area contributed by atoms with Gasteiger partial charge in [0, 0.05) is 36.9 Å². The van der Waals surface area contributed by atoms with Crippen LogP contribution in [0.5, 0.6) is 0 Å². The van der Waals surface area contributed by atoms with E-state index in [1.807, 2.05) is 30.0 Å². The third-order valence-corrected chi connectivity index (χ3v) is 8.76. The standard InChI is InChI=1S/C26H29FN4O2S/c1-3-12-29-13-11-25(18-29)34(32,33)30-14-10-21(15-19(30)2)20-4-9-26-22(16-20)17-28-31(26)24-7-5-23(27)6-8-24/h4-9,11,13,16-19,21H,3,10,12,14-15H2,1-2H3/t19-,21?/m1/s1. The van der Waals surface area contributed by atoms with E-state index >= 15 is 0 Å². The molecule has 1 aliphatic rings. The van der Waals surface area contributed by atoms with Gasteiger partial charge in [-0.2, -0.15) is 9.40 Å². The van der Waals surface area contributed by atoms with Crippen molar-refractivity contribution in [1.82, 2.24) is 18.7 Å². The largest absolute Gasteiger partial charge is 0.353 e. The number of aryl methyl sites for hydroxylation is 1. The normalized spacial score (nSPS) is 19.6. The number of hydrogen-bond acceptors (Lipinski definition) is 3. The smallest absolute Gasteiger partial charge is 0.244 e. The molecule has 1 aliphatic heterocycles. The summed E-state index contributed by atoms with van der Waals surface area (Å²) in [6.07, 6.45) is 7.91. The summed E-state index contributed by atoms with van der Waals surface area (Å²) in [4.78, 5) is 0.376. The average Bonchev–Trinajstić information content (AvgIpc) is 3.47. The topological polar surface area (TPSA) is 60.1 Å². The van der Waals surface area contributed by atoms with E-state index in [2.05, 4.69) is 24.2 Å². The molecular weight excluding hydrogens is 451 g/mol. The van der Waals surface area contributed by atoms with Gasteiger partial charge in [-0.3, -0.25) is 0 Å². The SMILES string of the molecule is CCCn1ccc(S(=O)(=O)N2CCC(c3ccc4c(cnn4-c4ccc(F)cc4)c3)C[C@H]2C)c1. The number of sulfonamides is 1. The fourth-order valence-electron chi connectivity index (χ4n) is 5.01. The highest BCUT2D eigenvalue weighted by Gasteiger charge is 2.35. The van der Waals surface area contributed by atoms with Crippen LogP contribution in [0.2, 0.25) is 0 Å². The van der Waals surface area contributed by atoms with Gasteiger partial charge in [-0.15, -0.1) is 0 Å². The first-order valence-corrected chi connectivity index (χ1v) is 13.2. The van der Waals surface area contributed by atoms with Crippen LogP contribution in [0.15, 0.2) is 72.0 Å². The lowest BCUT2D eigenvalue weighted by atomic mass is 9.86. The molecule has 0 spiro atoms. The maximum absolute atomic E-state index is 13.3. The quantitative estimate of drug-likeness (QED) is 0.375. The summed E-state index contributed by atoms with van der Waals surface area (Å²) in [6, 6.07) is 14.2. The van der Waals surface area contributed by atoms with Gasteiger partial charge in [-0.25, -0.2) is 17.5 Å². The van der Waals surface area contributed by atoms with E-state index in [0.717, 1.165) is 42.4 Å². The maximum atomic E-state index is 13.3. The number of nitrogens with zero attached hydrogens (tertiary/aromatic N) is 4. The summed E-state index contributed by atoms with van der Waals surface area (Å²) in [5.74, 6) is 0.00761. The molecule has 2 aromatic carbocycles. The van der Waals surface area contributed by atoms with Crippen molar-refractivity contribution in [2.24, 2.45) is 0 Å². The molecule has 34 heavy (non-hydrogen) atoms. The third kappa shape index (κ3) is 4.16. The number of halogens is 1. The highest BCUT2D eigenvalue weighted by Crippen LogP contribution is 2.36. The lowest BCUT2D eigenvalue weighted by molar-refractivity contribution is 0.246. The molecule has 3 heterocycles. The van der Waals surface area contributed by atoms with Crippen molar-refractivity contribution >= 4 is 20.9 Å². The second-order valence-corrected chi connectivity index (χ2v) is 11.0. The third-order valence-electron chi connectivity index (χ3n) is 6.76. The predicted molar refractivity (Wildman–Crippen MR) is 131 cm³/mol. The van der Waals surface area contributed by atoms with Crippen LogP contribution in [0, 0.1) is 5.82 Å². The average molecular weight is 481 g/mol. The molecule has 5 rings (SSSR count). The minimum Gasteiger partial charge on any atom is -0.353 e. The molecule has 0 aliphatic carbocycles. The molecule has 4 aromatic rings. The fraction of sp³-hybridized carbons (Fsp3) is 0.346. The Hall–Kier alpha value is -2.97. The Balaban J connectivity index is 1.34. The Morgan fingerprint density at radius 3 is 2.65 bits per heavy atom. The van der Waals surface area contributed by atoms with E-state index in [1.165, 1.54) is 17.7 Å². The van der Waals surface area contributed by atoms with Crippen LogP contribution in [0.4, 0.5) is 4.39 Å². The minimum absolute atomic E-state index is 0.0871. The Labute approximate surface area is 199 Å². The van der Waals surface area contributed by atoms with E-state index in [-0.39, 0.29) is 17.8 Å². The van der Waals surface area contributed by atoms with Gasteiger partial charge in [-0.05, 0) is 80.1 Å². The maximum Gasteiger partial charge on any atom is 0.244 e. The summed E-state index contributed by atoms with van der Waals surface area (Å²) >= 11 is 0. The van der Waals surface area contributed by atoms with Gasteiger partial charge in [0.05, 0.1) is 22.3 Å². The van der Waals surface area contributed by atoms with Crippen molar-refractivity contribution in [1.29, 1.82) is 0 Å². The number of hydrogen-bond donors (Lipinski definition) is 0. The van der Waals surface area contributed by atoms with Crippen LogP contribution < -0.4 is 0 Å². The molecule has 0 saturated carbocycles. The van der Waals surface area contributed by atoms with Gasteiger partial charge in [-0.1, -0.05) is 13.0 Å². The highest BCUT2D eigenvalue weighted by molar-refractivity contribution is 7.89. The lowest BCUT2D eigenvalue weighted by Gasteiger charge is -2.36. The van der Waals surface area contributed by atoms with Crippen molar-refractivity contribution in [3.05, 3.63) is 78.5 Å². The van der Waals surface area contributed by atoms with Gasteiger partial charge in [0.1, 0.15) is 5.82 Å². The van der Waals surface area contributed by atoms with E-state index in [0.29, 0.717) is 11.4 Å². The number of aromatic nitrogens is 3. The molecule has 1 saturated heterocycles. The first kappa shape index (κ1) is 22.8. The first-order valence-electron chi connectivity index (χ1n) is 11.8. The van der Waals surface area contributed by atoms with Gasteiger partial charge in [0.15, 0.2) is 0 Å². The van der Waals surface area contributed by atoms with E-state index in [4.69, 9.17) is 0 Å². The summed E-state index contributed by atoms with van der Waals surface area (Å²) in [5.41, 5.74) is 2.97. The van der Waals surface area contributed by atoms with Crippen LogP contribution >= 0.6 is 0 Å². The number of piperidine rings is 1. The summed E-state index contributed by atoms with van der Waals surface area (Å²) in [6.45, 7) is 5.39. The molecule has 0 radical (unpaired) electrons. The highest BCUT2D eigenvalue weighted by atomic mass is 32.2. The minimum atomic E-state index is -3.51. The van der Waals surface area contributed by atoms with Crippen molar-refractivity contribution < 1.29 is 12.8 Å².